The zero-order valence-electron chi connectivity index (χ0n) is 19.1. The molecule has 0 aliphatic carbocycles. The number of nitrogens with one attached hydrogen (secondary N) is 1. The van der Waals surface area contributed by atoms with Crippen LogP contribution in [0.25, 0.3) is 0 Å². The molecule has 0 radical (unpaired) electrons. The first-order chi connectivity index (χ1) is 14.7. The van der Waals surface area contributed by atoms with Crippen molar-refractivity contribution in [1.29, 1.82) is 0 Å². The Morgan fingerprint density at radius 1 is 1.19 bits per heavy atom. The topological polar surface area (TPSA) is 64.6 Å². The van der Waals surface area contributed by atoms with Crippen molar-refractivity contribution in [3.63, 3.8) is 0 Å². The van der Waals surface area contributed by atoms with Crippen molar-refractivity contribution in [2.24, 2.45) is 4.99 Å². The van der Waals surface area contributed by atoms with Crippen LogP contribution in [0.2, 0.25) is 0 Å². The van der Waals surface area contributed by atoms with E-state index in [0.717, 1.165) is 82.5 Å². The second-order valence-corrected chi connectivity index (χ2v) is 7.66. The zero-order valence-corrected chi connectivity index (χ0v) is 21.4. The molecule has 0 spiro atoms. The molecule has 2 atom stereocenters. The van der Waals surface area contributed by atoms with Crippen LogP contribution in [0.4, 0.5) is 0 Å². The van der Waals surface area contributed by atoms with Crippen LogP contribution in [-0.2, 0) is 15.9 Å². The molecule has 0 saturated carbocycles. The normalized spacial score (nSPS) is 21.5. The minimum atomic E-state index is 0. The number of ether oxygens (including phenoxy) is 4. The molecule has 7 nitrogen and oxygen atoms in total. The minimum Gasteiger partial charge on any atom is -0.493 e. The highest BCUT2D eigenvalue weighted by molar-refractivity contribution is 14.0. The summed E-state index contributed by atoms with van der Waals surface area (Å²) in [6.45, 7) is 9.64. The molecule has 2 aliphatic heterocycles. The number of methoxy groups -OCH3 is 1. The molecule has 1 aromatic carbocycles. The fourth-order valence-corrected chi connectivity index (χ4v) is 4.03. The lowest BCUT2D eigenvalue weighted by atomic mass is 10.1. The number of hydrogen-bond donors (Lipinski definition) is 1. The first-order valence-electron chi connectivity index (χ1n) is 11.3. The molecule has 1 N–H and O–H groups in total. The van der Waals surface area contributed by atoms with E-state index in [0.29, 0.717) is 6.61 Å². The number of halogens is 1. The molecule has 31 heavy (non-hydrogen) atoms. The number of aryl methyl sites for hydroxylation is 1. The first kappa shape index (κ1) is 26.0. The lowest BCUT2D eigenvalue weighted by Crippen LogP contribution is -2.53. The summed E-state index contributed by atoms with van der Waals surface area (Å²) in [4.78, 5) is 7.20. The molecule has 0 bridgehead atoms. The van der Waals surface area contributed by atoms with Crippen molar-refractivity contribution in [3.8, 4) is 11.5 Å². The number of guanidine groups is 1. The van der Waals surface area contributed by atoms with E-state index in [9.17, 15) is 0 Å². The van der Waals surface area contributed by atoms with Gasteiger partial charge in [-0.3, -0.25) is 4.99 Å². The zero-order chi connectivity index (χ0) is 21.2. The Labute approximate surface area is 203 Å². The van der Waals surface area contributed by atoms with Gasteiger partial charge < -0.3 is 29.2 Å². The first-order valence-corrected chi connectivity index (χ1v) is 11.3. The third-order valence-electron chi connectivity index (χ3n) is 5.52. The highest BCUT2D eigenvalue weighted by atomic mass is 127. The van der Waals surface area contributed by atoms with Crippen LogP contribution < -0.4 is 14.8 Å². The van der Waals surface area contributed by atoms with Crippen LogP contribution >= 0.6 is 24.0 Å². The number of morpholine rings is 1. The van der Waals surface area contributed by atoms with Gasteiger partial charge in [0.05, 0.1) is 26.4 Å². The Morgan fingerprint density at radius 2 is 2.03 bits per heavy atom. The van der Waals surface area contributed by atoms with Gasteiger partial charge in [0.1, 0.15) is 6.10 Å². The van der Waals surface area contributed by atoms with Crippen LogP contribution in [0.5, 0.6) is 11.5 Å². The summed E-state index contributed by atoms with van der Waals surface area (Å²) < 4.78 is 22.9. The molecule has 1 aromatic rings. The molecule has 0 aromatic heterocycles. The number of benzene rings is 1. The Hall–Kier alpha value is -1.26. The molecular formula is C23H38IN3O4. The van der Waals surface area contributed by atoms with Gasteiger partial charge in [-0.1, -0.05) is 6.07 Å². The standard InChI is InChI=1S/C23H37N3O4.HI/c1-4-24-23(26-13-15-30-22(17-26)20-9-7-14-29-20)25-12-6-8-18-10-11-19(27-3)21(16-18)28-5-2;/h10-11,16,20,22H,4-9,12-15,17H2,1-3H3,(H,24,25);1H. The molecule has 2 fully saturated rings. The molecule has 2 saturated heterocycles. The predicted octanol–water partition coefficient (Wildman–Crippen LogP) is 3.49. The SMILES string of the molecule is CCNC(=NCCCc1ccc(OC)c(OCC)c1)N1CCOC(C2CCCO2)C1.I. The van der Waals surface area contributed by atoms with Gasteiger partial charge in [0.15, 0.2) is 17.5 Å². The summed E-state index contributed by atoms with van der Waals surface area (Å²) in [6, 6.07) is 6.16. The lowest BCUT2D eigenvalue weighted by Gasteiger charge is -2.37. The maximum atomic E-state index is 5.98. The summed E-state index contributed by atoms with van der Waals surface area (Å²) in [5.74, 6) is 2.57. The van der Waals surface area contributed by atoms with E-state index in [1.54, 1.807) is 7.11 Å². The van der Waals surface area contributed by atoms with E-state index in [1.807, 2.05) is 13.0 Å². The molecular weight excluding hydrogens is 509 g/mol. The minimum absolute atomic E-state index is 0. The van der Waals surface area contributed by atoms with Gasteiger partial charge in [0, 0.05) is 32.8 Å². The van der Waals surface area contributed by atoms with Crippen LogP contribution in [-0.4, -0.2) is 76.2 Å². The third kappa shape index (κ3) is 7.68. The Bertz CT molecular complexity index is 683. The highest BCUT2D eigenvalue weighted by Gasteiger charge is 2.32. The molecule has 2 heterocycles. The molecule has 0 amide bonds. The van der Waals surface area contributed by atoms with Gasteiger partial charge >= 0.3 is 0 Å². The van der Waals surface area contributed by atoms with E-state index >= 15 is 0 Å². The maximum Gasteiger partial charge on any atom is 0.194 e. The lowest BCUT2D eigenvalue weighted by molar-refractivity contribution is -0.0817. The van der Waals surface area contributed by atoms with Crippen LogP contribution in [0, 0.1) is 0 Å². The van der Waals surface area contributed by atoms with Gasteiger partial charge in [0.2, 0.25) is 0 Å². The van der Waals surface area contributed by atoms with Gasteiger partial charge in [-0.25, -0.2) is 0 Å². The van der Waals surface area contributed by atoms with E-state index in [4.69, 9.17) is 23.9 Å². The fourth-order valence-electron chi connectivity index (χ4n) is 4.03. The summed E-state index contributed by atoms with van der Waals surface area (Å²) in [7, 11) is 1.67. The second-order valence-electron chi connectivity index (χ2n) is 7.66. The quantitative estimate of drug-likeness (QED) is 0.221. The van der Waals surface area contributed by atoms with E-state index in [2.05, 4.69) is 29.3 Å². The van der Waals surface area contributed by atoms with Crippen LogP contribution in [0.1, 0.15) is 38.7 Å². The Kier molecular flexibility index (Phi) is 11.7. The largest absolute Gasteiger partial charge is 0.493 e. The summed E-state index contributed by atoms with van der Waals surface area (Å²) in [5, 5.41) is 3.45. The Balaban J connectivity index is 0.00000341. The van der Waals surface area contributed by atoms with Crippen molar-refractivity contribution in [2.45, 2.75) is 51.7 Å². The van der Waals surface area contributed by atoms with Crippen molar-refractivity contribution in [1.82, 2.24) is 10.2 Å². The average molecular weight is 547 g/mol. The van der Waals surface area contributed by atoms with Crippen LogP contribution in [0.3, 0.4) is 0 Å². The van der Waals surface area contributed by atoms with E-state index in [-0.39, 0.29) is 36.2 Å². The van der Waals surface area contributed by atoms with E-state index in [1.165, 1.54) is 5.56 Å². The number of aliphatic imine (C=N–C) groups is 1. The molecule has 3 rings (SSSR count). The molecule has 2 unspecified atom stereocenters. The maximum absolute atomic E-state index is 5.98. The Morgan fingerprint density at radius 3 is 2.74 bits per heavy atom. The van der Waals surface area contributed by atoms with E-state index < -0.39 is 0 Å². The summed E-state index contributed by atoms with van der Waals surface area (Å²) in [5.41, 5.74) is 1.24. The fraction of sp³-hybridized carbons (Fsp3) is 0.696. The van der Waals surface area contributed by atoms with Crippen molar-refractivity contribution in [3.05, 3.63) is 23.8 Å². The molecule has 176 valence electrons. The van der Waals surface area contributed by atoms with Gasteiger partial charge in [0.25, 0.3) is 0 Å². The average Bonchev–Trinajstić information content (AvgIpc) is 3.31. The van der Waals surface area contributed by atoms with Crippen molar-refractivity contribution >= 4 is 29.9 Å². The third-order valence-corrected chi connectivity index (χ3v) is 5.52. The monoisotopic (exact) mass is 547 g/mol. The van der Waals surface area contributed by atoms with Gasteiger partial charge in [-0.15, -0.1) is 24.0 Å². The smallest absolute Gasteiger partial charge is 0.194 e. The molecule has 2 aliphatic rings. The van der Waals surface area contributed by atoms with Gasteiger partial charge in [-0.05, 0) is 57.2 Å². The summed E-state index contributed by atoms with van der Waals surface area (Å²) in [6.07, 6.45) is 4.53. The number of hydrogen-bond acceptors (Lipinski definition) is 5. The van der Waals surface area contributed by atoms with Crippen LogP contribution in [0.15, 0.2) is 23.2 Å². The summed E-state index contributed by atoms with van der Waals surface area (Å²) >= 11 is 0. The van der Waals surface area contributed by atoms with Gasteiger partial charge in [-0.2, -0.15) is 0 Å². The predicted molar refractivity (Wildman–Crippen MR) is 134 cm³/mol. The molecule has 8 heteroatoms. The number of nitrogens with zero attached hydrogens (tertiary/aromatic N) is 2. The highest BCUT2D eigenvalue weighted by Crippen LogP contribution is 2.28. The second kappa shape index (κ2) is 14.0. The van der Waals surface area contributed by atoms with Crippen molar-refractivity contribution < 1.29 is 18.9 Å². The van der Waals surface area contributed by atoms with Crippen molar-refractivity contribution in [2.75, 3.05) is 53.1 Å². The number of rotatable bonds is 9.